The van der Waals surface area contributed by atoms with E-state index < -0.39 is 29.4 Å². The van der Waals surface area contributed by atoms with E-state index in [0.717, 1.165) is 23.0 Å². The van der Waals surface area contributed by atoms with E-state index in [2.05, 4.69) is 25.6 Å². The van der Waals surface area contributed by atoms with Gasteiger partial charge < -0.3 is 10.1 Å². The summed E-state index contributed by atoms with van der Waals surface area (Å²) < 4.78 is 43.1. The molecule has 0 amide bonds. The van der Waals surface area contributed by atoms with Crippen LogP contribution < -0.4 is 5.73 Å². The van der Waals surface area contributed by atoms with Gasteiger partial charge in [-0.1, -0.05) is 0 Å². The quantitative estimate of drug-likeness (QED) is 0.515. The number of aromatic nitrogens is 6. The second-order valence-corrected chi connectivity index (χ2v) is 6.85. The van der Waals surface area contributed by atoms with Crippen molar-refractivity contribution in [3.63, 3.8) is 0 Å². The van der Waals surface area contributed by atoms with E-state index in [9.17, 15) is 13.2 Å². The summed E-state index contributed by atoms with van der Waals surface area (Å²) in [5, 5.41) is 13.9. The number of H-pyrrole nitrogens is 1. The molecule has 28 heavy (non-hydrogen) atoms. The van der Waals surface area contributed by atoms with Gasteiger partial charge in [-0.2, -0.15) is 5.21 Å². The summed E-state index contributed by atoms with van der Waals surface area (Å²) in [5.74, 6) is -3.15. The van der Waals surface area contributed by atoms with E-state index >= 15 is 0 Å². The topological polar surface area (TPSA) is 97.8 Å². The highest BCUT2D eigenvalue weighted by molar-refractivity contribution is 5.61. The maximum atomic E-state index is 14.3. The molecule has 3 heterocycles. The van der Waals surface area contributed by atoms with Crippen LogP contribution in [0.15, 0.2) is 30.5 Å². The minimum Gasteiger partial charge on any atom is -0.327 e. The molecule has 0 spiro atoms. The third-order valence-corrected chi connectivity index (χ3v) is 5.21. The number of halogens is 3. The number of hydrogen-bond acceptors (Lipinski definition) is 5. The molecule has 2 atom stereocenters. The number of benzene rings is 1. The van der Waals surface area contributed by atoms with Crippen LogP contribution in [0.4, 0.5) is 13.2 Å². The Bertz CT molecular complexity index is 1190. The maximum absolute atomic E-state index is 14.3. The zero-order valence-electron chi connectivity index (χ0n) is 14.4. The number of aromatic amines is 1. The van der Waals surface area contributed by atoms with Crippen molar-refractivity contribution in [2.24, 2.45) is 5.73 Å². The van der Waals surface area contributed by atoms with Gasteiger partial charge in [-0.25, -0.2) is 18.2 Å². The Morgan fingerprint density at radius 3 is 2.68 bits per heavy atom. The monoisotopic (exact) mass is 385 g/mol. The first-order valence-corrected chi connectivity index (χ1v) is 8.65. The molecule has 2 unspecified atom stereocenters. The molecule has 142 valence electrons. The number of imidazole rings is 1. The first kappa shape index (κ1) is 16.9. The van der Waals surface area contributed by atoms with Crippen molar-refractivity contribution in [3.05, 3.63) is 64.9 Å². The van der Waals surface area contributed by atoms with Gasteiger partial charge in [0.25, 0.3) is 0 Å². The van der Waals surface area contributed by atoms with E-state index in [-0.39, 0.29) is 5.56 Å². The van der Waals surface area contributed by atoms with Crippen LogP contribution in [0.1, 0.15) is 22.9 Å². The van der Waals surface area contributed by atoms with Crippen molar-refractivity contribution in [3.8, 4) is 11.4 Å². The number of nitrogens with two attached hydrogens (primary N) is 1. The van der Waals surface area contributed by atoms with Crippen LogP contribution in [-0.4, -0.2) is 36.1 Å². The van der Waals surface area contributed by atoms with Crippen LogP contribution in [0.5, 0.6) is 0 Å². The SMILES string of the molecule is NC1Cc2c(nc3cc(-c4nn[nH]n4)ccn23)CC1c1cc(F)c(F)cc1F. The fourth-order valence-corrected chi connectivity index (χ4v) is 3.83. The molecule has 1 aliphatic carbocycles. The summed E-state index contributed by atoms with van der Waals surface area (Å²) in [6.45, 7) is 0. The minimum absolute atomic E-state index is 0.0709. The summed E-state index contributed by atoms with van der Waals surface area (Å²) in [6.07, 6.45) is 2.61. The Morgan fingerprint density at radius 2 is 1.89 bits per heavy atom. The summed E-state index contributed by atoms with van der Waals surface area (Å²) in [4.78, 5) is 4.63. The van der Waals surface area contributed by atoms with E-state index in [1.165, 1.54) is 0 Å². The van der Waals surface area contributed by atoms with Gasteiger partial charge in [0, 0.05) is 41.9 Å². The number of pyridine rings is 1. The minimum atomic E-state index is -1.21. The van der Waals surface area contributed by atoms with Gasteiger partial charge in [0.1, 0.15) is 11.5 Å². The molecule has 5 rings (SSSR count). The molecular weight excluding hydrogens is 371 g/mol. The van der Waals surface area contributed by atoms with Gasteiger partial charge in [-0.3, -0.25) is 0 Å². The standard InChI is InChI=1S/C18H14F3N7/c19-11-6-13(21)12(20)4-9(11)10-5-15-16(7-14(10)22)28-2-1-8(3-17(28)23-15)18-24-26-27-25-18/h1-4,6,10,14H,5,7,22H2,(H,24,25,26,27). The van der Waals surface area contributed by atoms with Crippen LogP contribution in [-0.2, 0) is 12.8 Å². The molecule has 1 aromatic carbocycles. The van der Waals surface area contributed by atoms with Gasteiger partial charge in [0.05, 0.1) is 5.69 Å². The van der Waals surface area contributed by atoms with Crippen molar-refractivity contribution in [1.29, 1.82) is 0 Å². The highest BCUT2D eigenvalue weighted by Gasteiger charge is 2.33. The fraction of sp³-hybridized carbons (Fsp3) is 0.222. The molecule has 0 fully saturated rings. The zero-order valence-corrected chi connectivity index (χ0v) is 14.4. The first-order chi connectivity index (χ1) is 13.5. The lowest BCUT2D eigenvalue weighted by Gasteiger charge is -2.29. The van der Waals surface area contributed by atoms with Crippen LogP contribution in [0.3, 0.4) is 0 Å². The van der Waals surface area contributed by atoms with Gasteiger partial charge in [0.2, 0.25) is 5.82 Å². The van der Waals surface area contributed by atoms with Gasteiger partial charge in [-0.05, 0) is 35.4 Å². The zero-order chi connectivity index (χ0) is 19.4. The highest BCUT2D eigenvalue weighted by atomic mass is 19.2. The van der Waals surface area contributed by atoms with E-state index in [1.54, 1.807) is 0 Å². The Hall–Kier alpha value is -3.27. The molecule has 7 nitrogen and oxygen atoms in total. The third-order valence-electron chi connectivity index (χ3n) is 5.21. The van der Waals surface area contributed by atoms with Gasteiger partial charge >= 0.3 is 0 Å². The van der Waals surface area contributed by atoms with E-state index in [0.29, 0.717) is 30.4 Å². The van der Waals surface area contributed by atoms with Crippen LogP contribution in [0, 0.1) is 17.5 Å². The number of hydrogen-bond donors (Lipinski definition) is 2. The van der Waals surface area contributed by atoms with Crippen molar-refractivity contribution in [1.82, 2.24) is 30.0 Å². The largest absolute Gasteiger partial charge is 0.327 e. The van der Waals surface area contributed by atoms with Crippen molar-refractivity contribution < 1.29 is 13.2 Å². The van der Waals surface area contributed by atoms with Crippen molar-refractivity contribution >= 4 is 5.65 Å². The Balaban J connectivity index is 1.56. The number of fused-ring (bicyclic) bond motifs is 3. The number of nitrogens with one attached hydrogen (secondary N) is 1. The molecule has 3 aromatic heterocycles. The Morgan fingerprint density at radius 1 is 1.07 bits per heavy atom. The van der Waals surface area contributed by atoms with Crippen LogP contribution in [0.25, 0.3) is 17.0 Å². The van der Waals surface area contributed by atoms with Crippen LogP contribution >= 0.6 is 0 Å². The lowest BCUT2D eigenvalue weighted by Crippen LogP contribution is -2.37. The number of nitrogens with zero attached hydrogens (tertiary/aromatic N) is 5. The molecule has 0 bridgehead atoms. The van der Waals surface area contributed by atoms with Crippen LogP contribution in [0.2, 0.25) is 0 Å². The smallest absolute Gasteiger partial charge is 0.204 e. The number of tetrazole rings is 1. The second-order valence-electron chi connectivity index (χ2n) is 6.85. The lowest BCUT2D eigenvalue weighted by molar-refractivity contribution is 0.446. The molecule has 1 aliphatic rings. The van der Waals surface area contributed by atoms with Gasteiger partial charge in [0.15, 0.2) is 11.6 Å². The second kappa shape index (κ2) is 6.13. The highest BCUT2D eigenvalue weighted by Crippen LogP contribution is 2.34. The average molecular weight is 385 g/mol. The molecule has 3 N–H and O–H groups in total. The molecule has 0 radical (unpaired) electrons. The average Bonchev–Trinajstić information content (AvgIpc) is 3.31. The predicted molar refractivity (Wildman–Crippen MR) is 92.8 cm³/mol. The van der Waals surface area contributed by atoms with Crippen molar-refractivity contribution in [2.45, 2.75) is 24.8 Å². The predicted octanol–water partition coefficient (Wildman–Crippen LogP) is 2.14. The Labute approximate surface area is 156 Å². The molecule has 10 heteroatoms. The summed E-state index contributed by atoms with van der Waals surface area (Å²) >= 11 is 0. The molecule has 0 saturated heterocycles. The normalized spacial score (nSPS) is 19.1. The van der Waals surface area contributed by atoms with E-state index in [4.69, 9.17) is 5.73 Å². The first-order valence-electron chi connectivity index (χ1n) is 8.65. The van der Waals surface area contributed by atoms with Crippen molar-refractivity contribution in [2.75, 3.05) is 0 Å². The molecule has 0 saturated carbocycles. The molecule has 4 aromatic rings. The van der Waals surface area contributed by atoms with E-state index in [1.807, 2.05) is 22.7 Å². The fourth-order valence-electron chi connectivity index (χ4n) is 3.83. The maximum Gasteiger partial charge on any atom is 0.204 e. The Kier molecular flexibility index (Phi) is 3.69. The third kappa shape index (κ3) is 2.56. The summed E-state index contributed by atoms with van der Waals surface area (Å²) in [6, 6.07) is 4.66. The summed E-state index contributed by atoms with van der Waals surface area (Å²) in [5.41, 5.74) is 9.44. The lowest BCUT2D eigenvalue weighted by atomic mass is 9.80. The van der Waals surface area contributed by atoms with Gasteiger partial charge in [-0.15, -0.1) is 10.2 Å². The molecular formula is C18H14F3N7. The number of rotatable bonds is 2. The molecule has 0 aliphatic heterocycles. The summed E-state index contributed by atoms with van der Waals surface area (Å²) in [7, 11) is 0.